The second kappa shape index (κ2) is 9.01. The summed E-state index contributed by atoms with van der Waals surface area (Å²) in [7, 11) is 0. The molecule has 0 bridgehead atoms. The number of nitrogens with one attached hydrogen (secondary N) is 1. The molecule has 1 heterocycles. The van der Waals surface area contributed by atoms with Gasteiger partial charge in [0.25, 0.3) is 0 Å². The number of nitrogens with zero attached hydrogens (tertiary/aromatic N) is 2. The number of imidazole rings is 1. The van der Waals surface area contributed by atoms with E-state index in [1.165, 1.54) is 0 Å². The second-order valence-electron chi connectivity index (χ2n) is 11.5. The van der Waals surface area contributed by atoms with Crippen LogP contribution in [-0.2, 0) is 23.9 Å². The van der Waals surface area contributed by atoms with Gasteiger partial charge in [-0.05, 0) is 46.7 Å². The van der Waals surface area contributed by atoms with E-state index in [2.05, 4.69) is 0 Å². The van der Waals surface area contributed by atoms with Crippen LogP contribution in [0.1, 0.15) is 68.6 Å². The zero-order valence-electron chi connectivity index (χ0n) is 22.0. The van der Waals surface area contributed by atoms with Gasteiger partial charge in [0.2, 0.25) is 5.62 Å². The van der Waals surface area contributed by atoms with Crippen molar-refractivity contribution in [1.82, 2.24) is 9.13 Å². The largest absolute Gasteiger partial charge is 0.507 e. The third-order valence-electron chi connectivity index (χ3n) is 6.71. The first kappa shape index (κ1) is 25.3. The van der Waals surface area contributed by atoms with E-state index in [0.29, 0.717) is 17.8 Å². The van der Waals surface area contributed by atoms with Gasteiger partial charge in [-0.2, -0.15) is 0 Å². The Kier molecular flexibility index (Phi) is 6.33. The lowest BCUT2D eigenvalue weighted by molar-refractivity contribution is 0.0971. The number of nitrogen functional groups attached to an aromatic ring is 1. The Labute approximate surface area is 212 Å². The lowest BCUT2D eigenvalue weighted by Gasteiger charge is -2.28. The number of aromatic hydroxyl groups is 1. The lowest BCUT2D eigenvalue weighted by Crippen LogP contribution is -2.28. The van der Waals surface area contributed by atoms with Gasteiger partial charge in [0.15, 0.2) is 5.78 Å². The highest BCUT2D eigenvalue weighted by Crippen LogP contribution is 2.40. The Balaban J connectivity index is 1.81. The van der Waals surface area contributed by atoms with E-state index in [0.717, 1.165) is 27.7 Å². The molecule has 0 atom stereocenters. The maximum Gasteiger partial charge on any atom is 0.203 e. The molecule has 1 aromatic heterocycles. The van der Waals surface area contributed by atoms with Gasteiger partial charge in [-0.25, -0.2) is 0 Å². The maximum absolute atomic E-state index is 13.7. The molecule has 0 saturated carbocycles. The van der Waals surface area contributed by atoms with E-state index in [4.69, 9.17) is 11.1 Å². The van der Waals surface area contributed by atoms with E-state index in [1.807, 2.05) is 94.6 Å². The number of anilines is 1. The van der Waals surface area contributed by atoms with E-state index in [-0.39, 0.29) is 34.5 Å². The normalized spacial score (nSPS) is 12.3. The quantitative estimate of drug-likeness (QED) is 0.249. The van der Waals surface area contributed by atoms with Crippen LogP contribution in [0.15, 0.2) is 60.7 Å². The molecule has 4 rings (SSSR count). The van der Waals surface area contributed by atoms with Crippen molar-refractivity contribution >= 4 is 22.5 Å². The Morgan fingerprint density at radius 1 is 0.861 bits per heavy atom. The lowest BCUT2D eigenvalue weighted by atomic mass is 9.78. The van der Waals surface area contributed by atoms with Crippen molar-refractivity contribution in [3.8, 4) is 5.75 Å². The Morgan fingerprint density at radius 2 is 1.36 bits per heavy atom. The molecule has 0 saturated heterocycles. The minimum atomic E-state index is -0.334. The Hall–Kier alpha value is -3.80. The zero-order chi connectivity index (χ0) is 26.4. The first-order valence-corrected chi connectivity index (χ1v) is 12.3. The number of phenols is 1. The highest BCUT2D eigenvalue weighted by molar-refractivity contribution is 5.97. The van der Waals surface area contributed by atoms with Crippen LogP contribution in [0.4, 0.5) is 5.69 Å². The molecule has 6 heteroatoms. The molecule has 0 radical (unpaired) electrons. The predicted molar refractivity (Wildman–Crippen MR) is 146 cm³/mol. The fraction of sp³-hybridized carbons (Fsp3) is 0.333. The SMILES string of the molecule is CC(C)(C)c1cc(C(=O)Cn2c(=N)n(Cc3ccccc3N)c3ccccc32)cc(C(C)(C)C)c1O. The van der Waals surface area contributed by atoms with Crippen LogP contribution in [0, 0.1) is 5.41 Å². The van der Waals surface area contributed by atoms with E-state index >= 15 is 0 Å². The van der Waals surface area contributed by atoms with E-state index < -0.39 is 0 Å². The van der Waals surface area contributed by atoms with Crippen LogP contribution in [0.5, 0.6) is 5.75 Å². The van der Waals surface area contributed by atoms with Crippen molar-refractivity contribution in [2.45, 2.75) is 65.5 Å². The van der Waals surface area contributed by atoms with E-state index in [1.54, 1.807) is 16.7 Å². The van der Waals surface area contributed by atoms with Crippen molar-refractivity contribution in [3.63, 3.8) is 0 Å². The van der Waals surface area contributed by atoms with Crippen molar-refractivity contribution < 1.29 is 9.90 Å². The molecule has 0 aliphatic heterocycles. The first-order valence-electron chi connectivity index (χ1n) is 12.3. The highest BCUT2D eigenvalue weighted by Gasteiger charge is 2.28. The van der Waals surface area contributed by atoms with Crippen LogP contribution in [-0.4, -0.2) is 20.0 Å². The summed E-state index contributed by atoms with van der Waals surface area (Å²) >= 11 is 0. The topological polar surface area (TPSA) is 97.0 Å². The molecule has 0 spiro atoms. The van der Waals surface area contributed by atoms with Gasteiger partial charge in [0, 0.05) is 22.4 Å². The summed E-state index contributed by atoms with van der Waals surface area (Å²) in [6.07, 6.45) is 0. The molecule has 3 aromatic carbocycles. The average Bonchev–Trinajstić information content (AvgIpc) is 3.05. The van der Waals surface area contributed by atoms with Crippen molar-refractivity contribution in [3.05, 3.63) is 88.5 Å². The van der Waals surface area contributed by atoms with Gasteiger partial charge in [-0.3, -0.25) is 10.2 Å². The summed E-state index contributed by atoms with van der Waals surface area (Å²) in [6, 6.07) is 19.0. The maximum atomic E-state index is 13.7. The summed E-state index contributed by atoms with van der Waals surface area (Å²) in [5.74, 6) is 0.143. The Bertz CT molecular complexity index is 1480. The molecule has 4 N–H and O–H groups in total. The Morgan fingerprint density at radius 3 is 1.89 bits per heavy atom. The number of nitrogens with two attached hydrogens (primary N) is 1. The molecular formula is C30H36N4O2. The van der Waals surface area contributed by atoms with Crippen molar-refractivity contribution in [1.29, 1.82) is 5.41 Å². The molecule has 0 unspecified atom stereocenters. The molecule has 4 aromatic rings. The number of hydrogen-bond acceptors (Lipinski definition) is 4. The summed E-state index contributed by atoms with van der Waals surface area (Å²) < 4.78 is 3.63. The molecule has 0 aliphatic rings. The standard InChI is InChI=1S/C30H36N4O2/c1-29(2,3)21-15-20(16-22(27(21)36)30(4,5)6)26(35)18-34-25-14-10-9-13-24(25)33(28(34)32)17-19-11-7-8-12-23(19)31/h7-16,32,36H,17-18,31H2,1-6H3. The highest BCUT2D eigenvalue weighted by atomic mass is 16.3. The van der Waals surface area contributed by atoms with Crippen LogP contribution in [0.2, 0.25) is 0 Å². The van der Waals surface area contributed by atoms with Gasteiger partial charge in [-0.1, -0.05) is 71.9 Å². The average molecular weight is 485 g/mol. The fourth-order valence-corrected chi connectivity index (χ4v) is 4.64. The third kappa shape index (κ3) is 4.68. The molecule has 36 heavy (non-hydrogen) atoms. The van der Waals surface area contributed by atoms with Gasteiger partial charge in [0.1, 0.15) is 5.75 Å². The van der Waals surface area contributed by atoms with Gasteiger partial charge < -0.3 is 20.0 Å². The van der Waals surface area contributed by atoms with Gasteiger partial charge in [0.05, 0.1) is 24.1 Å². The smallest absolute Gasteiger partial charge is 0.203 e. The molecule has 0 aliphatic carbocycles. The van der Waals surface area contributed by atoms with Gasteiger partial charge in [-0.15, -0.1) is 0 Å². The third-order valence-corrected chi connectivity index (χ3v) is 6.71. The van der Waals surface area contributed by atoms with E-state index in [9.17, 15) is 9.90 Å². The summed E-state index contributed by atoms with van der Waals surface area (Å²) in [4.78, 5) is 13.7. The number of ketones is 1. The van der Waals surface area contributed by atoms with Crippen LogP contribution >= 0.6 is 0 Å². The molecule has 0 fully saturated rings. The van der Waals surface area contributed by atoms with Crippen LogP contribution in [0.25, 0.3) is 11.0 Å². The summed E-state index contributed by atoms with van der Waals surface area (Å²) in [6.45, 7) is 12.6. The molecule has 188 valence electrons. The summed E-state index contributed by atoms with van der Waals surface area (Å²) in [5.41, 5.74) is 11.1. The minimum absolute atomic E-state index is 0.0224. The number of fused-ring (bicyclic) bond motifs is 1. The monoisotopic (exact) mass is 484 g/mol. The van der Waals surface area contributed by atoms with Crippen molar-refractivity contribution in [2.24, 2.45) is 0 Å². The minimum Gasteiger partial charge on any atom is -0.507 e. The predicted octanol–water partition coefficient (Wildman–Crippen LogP) is 5.74. The first-order chi connectivity index (χ1) is 16.8. The molecular weight excluding hydrogens is 448 g/mol. The molecule has 6 nitrogen and oxygen atoms in total. The fourth-order valence-electron chi connectivity index (χ4n) is 4.64. The zero-order valence-corrected chi connectivity index (χ0v) is 22.0. The number of hydrogen-bond donors (Lipinski definition) is 3. The number of aromatic nitrogens is 2. The second-order valence-corrected chi connectivity index (χ2v) is 11.5. The number of carbonyl (C=O) groups excluding carboxylic acids is 1. The number of carbonyl (C=O) groups is 1. The summed E-state index contributed by atoms with van der Waals surface area (Å²) in [5, 5.41) is 20.0. The van der Waals surface area contributed by atoms with Crippen LogP contribution in [0.3, 0.4) is 0 Å². The number of para-hydroxylation sites is 3. The number of phenolic OH excluding ortho intramolecular Hbond substituents is 1. The van der Waals surface area contributed by atoms with Gasteiger partial charge >= 0.3 is 0 Å². The number of benzene rings is 3. The van der Waals surface area contributed by atoms with Crippen molar-refractivity contribution in [2.75, 3.05) is 5.73 Å². The van der Waals surface area contributed by atoms with Crippen LogP contribution < -0.4 is 11.4 Å². The number of Topliss-reactive ketones (excluding diaryl/α,β-unsaturated/α-hetero) is 1. The number of rotatable bonds is 5. The molecule has 0 amide bonds.